The molecule has 0 atom stereocenters. The maximum absolute atomic E-state index is 12.2. The summed E-state index contributed by atoms with van der Waals surface area (Å²) in [7, 11) is 1.76. The Balaban J connectivity index is 1.82. The van der Waals surface area contributed by atoms with Crippen molar-refractivity contribution in [3.63, 3.8) is 0 Å². The molecule has 2 rings (SSSR count). The van der Waals surface area contributed by atoms with Gasteiger partial charge in [-0.2, -0.15) is 0 Å². The first-order valence-electron chi connectivity index (χ1n) is 7.45. The smallest absolute Gasteiger partial charge is 0.317 e. The number of carboxylic acid groups (broad SMARTS) is 1. The predicted octanol–water partition coefficient (Wildman–Crippen LogP) is 3.23. The van der Waals surface area contributed by atoms with E-state index in [1.54, 1.807) is 11.9 Å². The highest BCUT2D eigenvalue weighted by molar-refractivity contribution is 9.10. The normalized spacial score (nSPS) is 21.2. The number of nitrogens with zero attached hydrogens (tertiary/aromatic N) is 1. The second kappa shape index (κ2) is 7.63. The number of halogens is 1. The number of carboxylic acids is 1. The van der Waals surface area contributed by atoms with Crippen LogP contribution in [0.15, 0.2) is 28.7 Å². The van der Waals surface area contributed by atoms with E-state index in [1.165, 1.54) is 0 Å². The van der Waals surface area contributed by atoms with Gasteiger partial charge in [0.05, 0.1) is 5.92 Å². The van der Waals surface area contributed by atoms with E-state index in [1.807, 2.05) is 24.3 Å². The van der Waals surface area contributed by atoms with Crippen LogP contribution in [0.5, 0.6) is 0 Å². The Morgan fingerprint density at radius 1 is 1.27 bits per heavy atom. The van der Waals surface area contributed by atoms with Gasteiger partial charge in [0.25, 0.3) is 0 Å². The highest BCUT2D eigenvalue weighted by Crippen LogP contribution is 2.24. The molecule has 2 N–H and O–H groups in total. The zero-order chi connectivity index (χ0) is 16.1. The molecule has 22 heavy (non-hydrogen) atoms. The van der Waals surface area contributed by atoms with Crippen molar-refractivity contribution in [3.05, 3.63) is 34.3 Å². The highest BCUT2D eigenvalue weighted by Gasteiger charge is 2.27. The molecular weight excluding hydrogens is 348 g/mol. The molecule has 0 saturated heterocycles. The van der Waals surface area contributed by atoms with Crippen LogP contribution in [0.2, 0.25) is 0 Å². The number of nitrogens with one attached hydrogen (secondary N) is 1. The summed E-state index contributed by atoms with van der Waals surface area (Å²) in [5, 5.41) is 12.0. The third kappa shape index (κ3) is 4.47. The standard InChI is InChI=1S/C16H21BrN2O3/c1-19(10-12-4-2-3-5-14(12)17)16(22)18-13-8-6-11(7-9-13)15(20)21/h2-5,11,13H,6-10H2,1H3,(H,18,22)(H,20,21). The minimum absolute atomic E-state index is 0.0739. The summed E-state index contributed by atoms with van der Waals surface area (Å²) < 4.78 is 0.983. The van der Waals surface area contributed by atoms with E-state index in [9.17, 15) is 9.59 Å². The Kier molecular flexibility index (Phi) is 5.83. The van der Waals surface area contributed by atoms with Crippen LogP contribution < -0.4 is 5.32 Å². The van der Waals surface area contributed by atoms with Gasteiger partial charge in [0.2, 0.25) is 0 Å². The number of carbonyl (C=O) groups excluding carboxylic acids is 1. The number of benzene rings is 1. The molecule has 6 heteroatoms. The molecule has 1 fully saturated rings. The minimum Gasteiger partial charge on any atom is -0.481 e. The molecule has 1 aliphatic rings. The fourth-order valence-corrected chi connectivity index (χ4v) is 3.13. The lowest BCUT2D eigenvalue weighted by atomic mass is 9.86. The molecule has 0 aliphatic heterocycles. The fraction of sp³-hybridized carbons (Fsp3) is 0.500. The van der Waals surface area contributed by atoms with Crippen molar-refractivity contribution in [2.24, 2.45) is 5.92 Å². The Hall–Kier alpha value is -1.56. The van der Waals surface area contributed by atoms with Crippen molar-refractivity contribution in [2.75, 3.05) is 7.05 Å². The molecular formula is C16H21BrN2O3. The largest absolute Gasteiger partial charge is 0.481 e. The molecule has 120 valence electrons. The van der Waals surface area contributed by atoms with Gasteiger partial charge in [-0.05, 0) is 37.3 Å². The zero-order valence-corrected chi connectivity index (χ0v) is 14.2. The van der Waals surface area contributed by atoms with Gasteiger partial charge in [-0.15, -0.1) is 0 Å². The average Bonchev–Trinajstić information content (AvgIpc) is 2.50. The zero-order valence-electron chi connectivity index (χ0n) is 12.6. The van der Waals surface area contributed by atoms with Crippen LogP contribution in [0.1, 0.15) is 31.2 Å². The minimum atomic E-state index is -0.726. The van der Waals surface area contributed by atoms with Crippen molar-refractivity contribution in [3.8, 4) is 0 Å². The van der Waals surface area contributed by atoms with Crippen molar-refractivity contribution in [1.29, 1.82) is 0 Å². The molecule has 5 nitrogen and oxygen atoms in total. The van der Waals surface area contributed by atoms with Gasteiger partial charge in [-0.25, -0.2) is 4.79 Å². The van der Waals surface area contributed by atoms with E-state index in [-0.39, 0.29) is 18.0 Å². The highest BCUT2D eigenvalue weighted by atomic mass is 79.9. The van der Waals surface area contributed by atoms with Crippen LogP contribution in [0.25, 0.3) is 0 Å². The Labute approximate surface area is 138 Å². The molecule has 0 heterocycles. The second-order valence-corrected chi connectivity index (χ2v) is 6.64. The van der Waals surface area contributed by atoms with E-state index < -0.39 is 5.97 Å². The van der Waals surface area contributed by atoms with Crippen molar-refractivity contribution < 1.29 is 14.7 Å². The average molecular weight is 369 g/mol. The van der Waals surface area contributed by atoms with Gasteiger partial charge in [0.1, 0.15) is 0 Å². The Morgan fingerprint density at radius 2 is 1.91 bits per heavy atom. The molecule has 1 aromatic rings. The monoisotopic (exact) mass is 368 g/mol. The quantitative estimate of drug-likeness (QED) is 0.856. The molecule has 0 radical (unpaired) electrons. The molecule has 0 bridgehead atoms. The van der Waals surface area contributed by atoms with Crippen molar-refractivity contribution in [2.45, 2.75) is 38.3 Å². The molecule has 0 aromatic heterocycles. The molecule has 1 saturated carbocycles. The number of aliphatic carboxylic acids is 1. The van der Waals surface area contributed by atoms with Crippen molar-refractivity contribution in [1.82, 2.24) is 10.2 Å². The number of urea groups is 1. The van der Waals surface area contributed by atoms with Crippen LogP contribution in [-0.2, 0) is 11.3 Å². The van der Waals surface area contributed by atoms with Gasteiger partial charge in [-0.1, -0.05) is 34.1 Å². The predicted molar refractivity (Wildman–Crippen MR) is 87.5 cm³/mol. The molecule has 2 amide bonds. The summed E-state index contributed by atoms with van der Waals surface area (Å²) >= 11 is 3.48. The van der Waals surface area contributed by atoms with Gasteiger partial charge in [0, 0.05) is 24.1 Å². The van der Waals surface area contributed by atoms with Gasteiger partial charge < -0.3 is 15.3 Å². The molecule has 1 aromatic carbocycles. The van der Waals surface area contributed by atoms with Crippen LogP contribution in [0.4, 0.5) is 4.79 Å². The summed E-state index contributed by atoms with van der Waals surface area (Å²) in [6.07, 6.45) is 2.72. The third-order valence-electron chi connectivity index (χ3n) is 4.12. The molecule has 0 unspecified atom stereocenters. The summed E-state index contributed by atoms with van der Waals surface area (Å²) in [5.74, 6) is -0.984. The summed E-state index contributed by atoms with van der Waals surface area (Å²) in [6, 6.07) is 7.77. The lowest BCUT2D eigenvalue weighted by molar-refractivity contribution is -0.142. The van der Waals surface area contributed by atoms with E-state index >= 15 is 0 Å². The second-order valence-electron chi connectivity index (χ2n) is 5.78. The Morgan fingerprint density at radius 3 is 2.50 bits per heavy atom. The Bertz CT molecular complexity index is 542. The molecule has 0 spiro atoms. The SMILES string of the molecule is CN(Cc1ccccc1Br)C(=O)NC1CCC(C(=O)O)CC1. The number of hydrogen-bond donors (Lipinski definition) is 2. The van der Waals surface area contributed by atoms with Crippen molar-refractivity contribution >= 4 is 27.9 Å². The summed E-state index contributed by atoms with van der Waals surface area (Å²) in [6.45, 7) is 0.526. The molecule has 1 aliphatic carbocycles. The first-order valence-corrected chi connectivity index (χ1v) is 8.24. The van der Waals surface area contributed by atoms with Gasteiger partial charge in [-0.3, -0.25) is 4.79 Å². The van der Waals surface area contributed by atoms with Crippen LogP contribution in [0.3, 0.4) is 0 Å². The lowest BCUT2D eigenvalue weighted by Gasteiger charge is -2.29. The van der Waals surface area contributed by atoms with Crippen LogP contribution in [0, 0.1) is 5.92 Å². The summed E-state index contributed by atoms with van der Waals surface area (Å²) in [5.41, 5.74) is 1.05. The first kappa shape index (κ1) is 16.8. The first-order chi connectivity index (χ1) is 10.5. The van der Waals surface area contributed by atoms with E-state index in [0.29, 0.717) is 19.4 Å². The number of amides is 2. The summed E-state index contributed by atoms with van der Waals surface area (Å²) in [4.78, 5) is 24.8. The van der Waals surface area contributed by atoms with Gasteiger partial charge >= 0.3 is 12.0 Å². The van der Waals surface area contributed by atoms with Crippen LogP contribution >= 0.6 is 15.9 Å². The number of carbonyl (C=O) groups is 2. The topological polar surface area (TPSA) is 69.6 Å². The van der Waals surface area contributed by atoms with Crippen LogP contribution in [-0.4, -0.2) is 35.1 Å². The number of hydrogen-bond acceptors (Lipinski definition) is 2. The maximum Gasteiger partial charge on any atom is 0.317 e. The van der Waals surface area contributed by atoms with E-state index in [2.05, 4.69) is 21.2 Å². The van der Waals surface area contributed by atoms with E-state index in [4.69, 9.17) is 5.11 Å². The van der Waals surface area contributed by atoms with Gasteiger partial charge in [0.15, 0.2) is 0 Å². The number of rotatable bonds is 4. The lowest BCUT2D eigenvalue weighted by Crippen LogP contribution is -2.44. The maximum atomic E-state index is 12.2. The fourth-order valence-electron chi connectivity index (χ4n) is 2.72. The third-order valence-corrected chi connectivity index (χ3v) is 4.89. The van der Waals surface area contributed by atoms with E-state index in [0.717, 1.165) is 22.9 Å².